The molecule has 5 amide bonds. The van der Waals surface area contributed by atoms with E-state index >= 15 is 0 Å². The molecule has 0 aromatic heterocycles. The molecule has 54 heavy (non-hydrogen) atoms. The summed E-state index contributed by atoms with van der Waals surface area (Å²) in [6.45, 7) is 11.4. The first kappa shape index (κ1) is 40.5. The molecule has 1 aliphatic carbocycles. The lowest BCUT2D eigenvalue weighted by atomic mass is 10.0. The average Bonchev–Trinajstić information content (AvgIpc) is 3.37. The van der Waals surface area contributed by atoms with Gasteiger partial charge in [0.15, 0.2) is 5.54 Å². The maximum atomic E-state index is 15.0. The topological polar surface area (TPSA) is 161 Å². The molecule has 1 saturated heterocycles. The Morgan fingerprint density at radius 1 is 0.944 bits per heavy atom. The highest BCUT2D eigenvalue weighted by molar-refractivity contribution is 6.04. The lowest BCUT2D eigenvalue weighted by molar-refractivity contribution is -0.159. The highest BCUT2D eigenvalue weighted by atomic mass is 19.1. The zero-order valence-corrected chi connectivity index (χ0v) is 32.3. The number of esters is 1. The van der Waals surface area contributed by atoms with Crippen molar-refractivity contribution in [3.63, 3.8) is 0 Å². The number of benzene rings is 1. The first-order valence-corrected chi connectivity index (χ1v) is 18.8. The molecular weight excluding hydrogens is 703 g/mol. The first-order chi connectivity index (χ1) is 25.3. The van der Waals surface area contributed by atoms with Gasteiger partial charge in [-0.25, -0.2) is 28.5 Å². The largest absolute Gasteiger partial charge is 0.464 e. The number of hydrogen-bond acceptors (Lipinski definition) is 10. The molecule has 1 aromatic carbocycles. The van der Waals surface area contributed by atoms with Crippen molar-refractivity contribution in [2.75, 3.05) is 13.2 Å². The van der Waals surface area contributed by atoms with Gasteiger partial charge in [0.25, 0.3) is 5.91 Å². The number of nitrogens with zero attached hydrogens (tertiary/aromatic N) is 3. The van der Waals surface area contributed by atoms with Crippen LogP contribution in [0.25, 0.3) is 0 Å². The number of alkyl carbamates (subject to hydrolysis) is 1. The second-order valence-corrected chi connectivity index (χ2v) is 16.4. The van der Waals surface area contributed by atoms with Crippen molar-refractivity contribution in [3.8, 4) is 0 Å². The van der Waals surface area contributed by atoms with Crippen LogP contribution < -0.4 is 5.32 Å². The highest BCUT2D eigenvalue weighted by Gasteiger charge is 2.69. The van der Waals surface area contributed by atoms with E-state index in [0.29, 0.717) is 30.4 Å². The highest BCUT2D eigenvalue weighted by Crippen LogP contribution is 2.52. The third kappa shape index (κ3) is 9.15. The summed E-state index contributed by atoms with van der Waals surface area (Å²) in [5.41, 5.74) is -2.66. The third-order valence-electron chi connectivity index (χ3n) is 9.81. The van der Waals surface area contributed by atoms with Gasteiger partial charge in [0.1, 0.15) is 35.2 Å². The van der Waals surface area contributed by atoms with E-state index in [-0.39, 0.29) is 45.5 Å². The van der Waals surface area contributed by atoms with Crippen LogP contribution in [0.15, 0.2) is 30.4 Å². The molecule has 0 unspecified atom stereocenters. The van der Waals surface area contributed by atoms with Gasteiger partial charge in [-0.2, -0.15) is 0 Å². The molecule has 3 aliphatic heterocycles. The van der Waals surface area contributed by atoms with Crippen LogP contribution in [0.3, 0.4) is 0 Å². The third-order valence-corrected chi connectivity index (χ3v) is 9.81. The molecule has 2 fully saturated rings. The molecule has 0 radical (unpaired) electrons. The Bertz CT molecular complexity index is 1670. The summed E-state index contributed by atoms with van der Waals surface area (Å²) in [5.74, 6) is -3.37. The number of allylic oxidation sites excluding steroid dienone is 1. The normalized spacial score (nSPS) is 26.7. The Balaban J connectivity index is 1.52. The number of nitrogens with one attached hydrogen (secondary N) is 1. The molecule has 15 heteroatoms. The minimum absolute atomic E-state index is 0.0122. The van der Waals surface area contributed by atoms with Crippen molar-refractivity contribution in [2.24, 2.45) is 5.92 Å². The number of halogens is 1. The lowest BCUT2D eigenvalue weighted by Crippen LogP contribution is -2.60. The molecule has 1 aromatic rings. The Hall–Kier alpha value is -4.69. The molecule has 1 saturated carbocycles. The van der Waals surface area contributed by atoms with Crippen molar-refractivity contribution in [1.29, 1.82) is 0 Å². The summed E-state index contributed by atoms with van der Waals surface area (Å²) in [5, 5.41) is 2.68. The summed E-state index contributed by atoms with van der Waals surface area (Å²) in [7, 11) is 0. The Morgan fingerprint density at radius 2 is 1.67 bits per heavy atom. The van der Waals surface area contributed by atoms with Crippen molar-refractivity contribution >= 4 is 36.1 Å². The van der Waals surface area contributed by atoms with Gasteiger partial charge in [0, 0.05) is 24.4 Å². The lowest BCUT2D eigenvalue weighted by Gasteiger charge is -2.35. The van der Waals surface area contributed by atoms with Crippen LogP contribution in [0.4, 0.5) is 18.8 Å². The zero-order valence-electron chi connectivity index (χ0n) is 32.3. The minimum atomic E-state index is -1.74. The number of fused-ring (bicyclic) bond motifs is 3. The van der Waals surface area contributed by atoms with Crippen LogP contribution in [-0.2, 0) is 46.4 Å². The quantitative estimate of drug-likeness (QED) is 0.228. The second kappa shape index (κ2) is 16.0. The van der Waals surface area contributed by atoms with Gasteiger partial charge >= 0.3 is 24.2 Å². The predicted molar refractivity (Wildman–Crippen MR) is 192 cm³/mol. The monoisotopic (exact) mass is 756 g/mol. The van der Waals surface area contributed by atoms with Crippen molar-refractivity contribution in [2.45, 2.75) is 141 Å². The number of amides is 5. The van der Waals surface area contributed by atoms with E-state index in [1.807, 2.05) is 12.2 Å². The molecule has 0 spiro atoms. The summed E-state index contributed by atoms with van der Waals surface area (Å²) in [6, 6.07) is 2.04. The maximum Gasteiger partial charge on any atom is 0.418 e. The summed E-state index contributed by atoms with van der Waals surface area (Å²) in [6.07, 6.45) is 2.70. The summed E-state index contributed by atoms with van der Waals surface area (Å²) >= 11 is 0. The fraction of sp³-hybridized carbons (Fsp3) is 0.641. The van der Waals surface area contributed by atoms with Crippen LogP contribution in [0, 0.1) is 11.7 Å². The molecule has 5 atom stereocenters. The average molecular weight is 757 g/mol. The molecule has 4 aliphatic rings. The number of carbonyl (C=O) groups excluding carboxylic acids is 6. The second-order valence-electron chi connectivity index (χ2n) is 16.4. The van der Waals surface area contributed by atoms with Crippen LogP contribution in [-0.4, -0.2) is 98.8 Å². The standard InChI is InChI=1S/C39H53FN4O10/c1-8-51-33(47)39-20-25(39)16-12-10-9-11-13-18-29(41-34(48)53-37(2,3)4)31(45)43-22-26(19-30(43)32(46)44(39)36(50)54-38(5,6)7)52-35(49)42-21-24-15-14-17-28(40)27(24)23-42/h12,14-17,25-26,29-30H,8-11,13,18-23H2,1-7H3,(H,41,48)/b16-12-/t25-,26+,29-,30-,39+/m0/s1. The van der Waals surface area contributed by atoms with Gasteiger partial charge in [0.05, 0.1) is 19.7 Å². The SMILES string of the molecule is CCOC(=O)[C@@]12C[C@@H]1/C=C\CCCCC[C@H](NC(=O)OC(C)(C)C)C(=O)N1C[C@H](OC(=O)N3Cc4cccc(F)c4C3)C[C@H]1C(=O)N2C(=O)OC(C)(C)C. The van der Waals surface area contributed by atoms with Crippen molar-refractivity contribution in [1.82, 2.24) is 20.0 Å². The predicted octanol–water partition coefficient (Wildman–Crippen LogP) is 5.75. The van der Waals surface area contributed by atoms with Crippen LogP contribution in [0.1, 0.15) is 105 Å². The summed E-state index contributed by atoms with van der Waals surface area (Å²) in [4.78, 5) is 87.3. The smallest absolute Gasteiger partial charge is 0.418 e. The van der Waals surface area contributed by atoms with E-state index in [1.54, 1.807) is 60.6 Å². The van der Waals surface area contributed by atoms with Crippen LogP contribution in [0.2, 0.25) is 0 Å². The van der Waals surface area contributed by atoms with Gasteiger partial charge in [0.2, 0.25) is 5.91 Å². The Kier molecular flexibility index (Phi) is 12.0. The van der Waals surface area contributed by atoms with Gasteiger partial charge in [-0.05, 0) is 85.8 Å². The Labute approximate surface area is 315 Å². The Morgan fingerprint density at radius 3 is 2.33 bits per heavy atom. The number of carbonyl (C=O) groups is 6. The van der Waals surface area contributed by atoms with E-state index in [1.165, 1.54) is 15.9 Å². The van der Waals surface area contributed by atoms with Gasteiger partial charge in [-0.3, -0.25) is 14.5 Å². The first-order valence-electron chi connectivity index (χ1n) is 18.8. The van der Waals surface area contributed by atoms with Crippen LogP contribution in [0.5, 0.6) is 0 Å². The fourth-order valence-electron chi connectivity index (χ4n) is 7.29. The number of rotatable bonds is 4. The minimum Gasteiger partial charge on any atom is -0.464 e. The van der Waals surface area contributed by atoms with Crippen molar-refractivity contribution in [3.05, 3.63) is 47.3 Å². The molecule has 5 rings (SSSR count). The summed E-state index contributed by atoms with van der Waals surface area (Å²) < 4.78 is 37.0. The number of ether oxygens (including phenoxy) is 4. The van der Waals surface area contributed by atoms with E-state index in [2.05, 4.69) is 5.32 Å². The van der Waals surface area contributed by atoms with E-state index in [4.69, 9.17) is 18.9 Å². The molecular formula is C39H53FN4O10. The van der Waals surface area contributed by atoms with Crippen molar-refractivity contribution < 1.29 is 52.1 Å². The molecule has 1 N–H and O–H groups in total. The molecule has 0 bridgehead atoms. The van der Waals surface area contributed by atoms with E-state index in [9.17, 15) is 33.2 Å². The van der Waals surface area contributed by atoms with Gasteiger partial charge in [-0.15, -0.1) is 0 Å². The molecule has 14 nitrogen and oxygen atoms in total. The maximum absolute atomic E-state index is 15.0. The van der Waals surface area contributed by atoms with Crippen LogP contribution >= 0.6 is 0 Å². The van der Waals surface area contributed by atoms with Gasteiger partial charge in [-0.1, -0.05) is 37.1 Å². The molecule has 296 valence electrons. The molecule has 3 heterocycles. The van der Waals surface area contributed by atoms with Gasteiger partial charge < -0.3 is 29.2 Å². The van der Waals surface area contributed by atoms with E-state index in [0.717, 1.165) is 11.3 Å². The number of hydrogen-bond donors (Lipinski definition) is 1. The number of imide groups is 1. The fourth-order valence-corrected chi connectivity index (χ4v) is 7.29. The van der Waals surface area contributed by atoms with E-state index < -0.39 is 82.7 Å². The zero-order chi connectivity index (χ0) is 39.6.